The summed E-state index contributed by atoms with van der Waals surface area (Å²) in [6, 6.07) is 16.8. The second-order valence-corrected chi connectivity index (χ2v) is 9.45. The number of esters is 1. The number of hydrogen-bond acceptors (Lipinski definition) is 7. The third-order valence-corrected chi connectivity index (χ3v) is 7.50. The monoisotopic (exact) mass is 559 g/mol. The molecule has 8 heteroatoms. The normalized spacial score (nSPS) is 29.7. The van der Waals surface area contributed by atoms with Crippen LogP contribution in [0, 0.1) is 9.49 Å². The number of halogens is 1. The number of ether oxygens (including phenoxy) is 3. The molecule has 0 amide bonds. The summed E-state index contributed by atoms with van der Waals surface area (Å²) < 4.78 is 18.2. The molecule has 0 radical (unpaired) electrons. The minimum absolute atomic E-state index is 0.262. The number of rotatable bonds is 4. The maximum atomic E-state index is 13.1. The van der Waals surface area contributed by atoms with Crippen LogP contribution < -0.4 is 9.47 Å². The van der Waals surface area contributed by atoms with E-state index in [1.807, 2.05) is 54.6 Å². The van der Waals surface area contributed by atoms with E-state index < -0.39 is 35.1 Å². The quantitative estimate of drug-likeness (QED) is 0.375. The van der Waals surface area contributed by atoms with Gasteiger partial charge in [-0.2, -0.15) is 0 Å². The predicted molar refractivity (Wildman–Crippen MR) is 127 cm³/mol. The molecule has 0 spiro atoms. The highest BCUT2D eigenvalue weighted by Crippen LogP contribution is 2.69. The lowest BCUT2D eigenvalue weighted by Crippen LogP contribution is -2.52. The van der Waals surface area contributed by atoms with Gasteiger partial charge >= 0.3 is 5.97 Å². The van der Waals surface area contributed by atoms with Gasteiger partial charge in [-0.1, -0.05) is 42.5 Å². The van der Waals surface area contributed by atoms with Crippen molar-refractivity contribution >= 4 is 28.6 Å². The fourth-order valence-electron chi connectivity index (χ4n) is 5.49. The van der Waals surface area contributed by atoms with E-state index in [1.165, 1.54) is 26.6 Å². The van der Waals surface area contributed by atoms with Crippen LogP contribution in [-0.4, -0.2) is 41.5 Å². The third-order valence-electron chi connectivity index (χ3n) is 6.79. The molecule has 33 heavy (non-hydrogen) atoms. The topological polar surface area (TPSA) is 98.1 Å². The van der Waals surface area contributed by atoms with Crippen LogP contribution >= 0.6 is 22.6 Å². The van der Waals surface area contributed by atoms with Crippen LogP contribution in [0.25, 0.3) is 0 Å². The Morgan fingerprint density at radius 1 is 1.09 bits per heavy atom. The first-order valence-corrected chi connectivity index (χ1v) is 11.5. The summed E-state index contributed by atoms with van der Waals surface area (Å²) in [4.78, 5) is 17.3. The molecule has 7 nitrogen and oxygen atoms in total. The average Bonchev–Trinajstić information content (AvgIpc) is 3.22. The van der Waals surface area contributed by atoms with E-state index >= 15 is 0 Å². The molecule has 2 N–H and O–H groups in total. The number of nitrogens with zero attached hydrogens (tertiary/aromatic N) is 1. The summed E-state index contributed by atoms with van der Waals surface area (Å²) in [6.45, 7) is 0. The van der Waals surface area contributed by atoms with Crippen molar-refractivity contribution in [2.24, 2.45) is 5.92 Å². The molecule has 170 valence electrons. The molecule has 5 rings (SSSR count). The molecule has 0 bridgehead atoms. The number of aromatic nitrogens is 1. The number of carbonyl (C=O) groups excluding carboxylic acids is 1. The minimum Gasteiger partial charge on any atom is -0.495 e. The summed E-state index contributed by atoms with van der Waals surface area (Å²) in [6.07, 6.45) is 1.40. The number of aliphatic hydroxyl groups excluding tert-OH is 1. The van der Waals surface area contributed by atoms with E-state index in [0.717, 1.165) is 9.13 Å². The van der Waals surface area contributed by atoms with E-state index in [4.69, 9.17) is 14.2 Å². The van der Waals surface area contributed by atoms with Crippen molar-refractivity contribution in [1.29, 1.82) is 0 Å². The van der Waals surface area contributed by atoms with Crippen molar-refractivity contribution < 1.29 is 29.2 Å². The van der Waals surface area contributed by atoms with Gasteiger partial charge in [0.15, 0.2) is 11.2 Å². The lowest BCUT2D eigenvalue weighted by molar-refractivity contribution is -0.161. The van der Waals surface area contributed by atoms with Gasteiger partial charge in [0, 0.05) is 9.49 Å². The molecule has 1 aromatic heterocycles. The van der Waals surface area contributed by atoms with Crippen LogP contribution in [0.4, 0.5) is 0 Å². The minimum atomic E-state index is -2.03. The Balaban J connectivity index is 1.89. The molecule has 5 atom stereocenters. The maximum absolute atomic E-state index is 13.1. The number of fused-ring (bicyclic) bond motifs is 3. The van der Waals surface area contributed by atoms with Crippen molar-refractivity contribution in [2.45, 2.75) is 23.2 Å². The van der Waals surface area contributed by atoms with E-state index in [-0.39, 0.29) is 11.3 Å². The lowest BCUT2D eigenvalue weighted by atomic mass is 9.70. The van der Waals surface area contributed by atoms with Gasteiger partial charge in [-0.15, -0.1) is 0 Å². The maximum Gasteiger partial charge on any atom is 0.312 e. The average molecular weight is 559 g/mol. The number of methoxy groups -OCH3 is 2. The zero-order valence-corrected chi connectivity index (χ0v) is 20.1. The fraction of sp³-hybridized carbons (Fsp3) is 0.280. The lowest BCUT2D eigenvalue weighted by Gasteiger charge is -2.40. The van der Waals surface area contributed by atoms with Crippen molar-refractivity contribution in [3.63, 3.8) is 0 Å². The Labute approximate surface area is 204 Å². The van der Waals surface area contributed by atoms with Gasteiger partial charge in [0.25, 0.3) is 0 Å². The van der Waals surface area contributed by atoms with Gasteiger partial charge in [0.2, 0.25) is 0 Å². The molecule has 1 aliphatic heterocycles. The summed E-state index contributed by atoms with van der Waals surface area (Å²) in [5, 5.41) is 24.2. The molecule has 2 aromatic carbocycles. The molecule has 2 aliphatic rings. The molecule has 2 heterocycles. The van der Waals surface area contributed by atoms with Crippen LogP contribution in [0.5, 0.6) is 11.5 Å². The van der Waals surface area contributed by atoms with E-state index in [9.17, 15) is 15.0 Å². The number of carbonyl (C=O) groups is 1. The predicted octanol–water partition coefficient (Wildman–Crippen LogP) is 3.12. The van der Waals surface area contributed by atoms with Gasteiger partial charge in [-0.05, 0) is 45.9 Å². The number of aliphatic hydroxyl groups is 2. The standard InChI is InChI=1S/C25H22INO6/c1-31-17-12-27-13-18-21(17)24(30)22(28)19(23(29)32-2)20(14-6-4-3-5-7-14)25(24,33-18)15-8-10-16(26)11-9-15/h3-13,19-20,22,28,30H,1-2H3/t19-,20?,22-,24+,25+/m1/s1. The zero-order valence-electron chi connectivity index (χ0n) is 17.9. The molecule has 1 fully saturated rings. The van der Waals surface area contributed by atoms with E-state index in [2.05, 4.69) is 27.6 Å². The van der Waals surface area contributed by atoms with Gasteiger partial charge < -0.3 is 24.4 Å². The second-order valence-electron chi connectivity index (χ2n) is 8.21. The van der Waals surface area contributed by atoms with Crippen LogP contribution in [0.15, 0.2) is 67.0 Å². The Bertz CT molecular complexity index is 1200. The van der Waals surface area contributed by atoms with Gasteiger partial charge in [-0.3, -0.25) is 9.78 Å². The van der Waals surface area contributed by atoms with E-state index in [0.29, 0.717) is 11.3 Å². The highest BCUT2D eigenvalue weighted by Gasteiger charge is 2.78. The Morgan fingerprint density at radius 2 is 1.79 bits per heavy atom. The molecule has 1 saturated carbocycles. The van der Waals surface area contributed by atoms with Gasteiger partial charge in [0.05, 0.1) is 38.1 Å². The van der Waals surface area contributed by atoms with Crippen LogP contribution in [0.2, 0.25) is 0 Å². The first-order valence-electron chi connectivity index (χ1n) is 10.4. The molecule has 3 aromatic rings. The third kappa shape index (κ3) is 2.87. The van der Waals surface area contributed by atoms with Crippen LogP contribution in [0.1, 0.15) is 22.6 Å². The second kappa shape index (κ2) is 7.96. The molecular weight excluding hydrogens is 537 g/mol. The van der Waals surface area contributed by atoms with Crippen molar-refractivity contribution in [2.75, 3.05) is 14.2 Å². The summed E-state index contributed by atoms with van der Waals surface area (Å²) in [5.41, 5.74) is -1.97. The van der Waals surface area contributed by atoms with Crippen molar-refractivity contribution in [1.82, 2.24) is 4.98 Å². The van der Waals surface area contributed by atoms with E-state index in [1.54, 1.807) is 0 Å². The molecular formula is C25H22INO6. The summed E-state index contributed by atoms with van der Waals surface area (Å²) in [7, 11) is 2.73. The number of hydrogen-bond donors (Lipinski definition) is 2. The first-order chi connectivity index (χ1) is 15.9. The largest absolute Gasteiger partial charge is 0.495 e. The number of benzene rings is 2. The Morgan fingerprint density at radius 3 is 2.42 bits per heavy atom. The molecule has 1 unspecified atom stereocenters. The van der Waals surface area contributed by atoms with Crippen LogP contribution in [-0.2, 0) is 20.7 Å². The van der Waals surface area contributed by atoms with Crippen LogP contribution in [0.3, 0.4) is 0 Å². The number of pyridine rings is 1. The fourth-order valence-corrected chi connectivity index (χ4v) is 5.85. The van der Waals surface area contributed by atoms with Gasteiger partial charge in [0.1, 0.15) is 17.6 Å². The van der Waals surface area contributed by atoms with Crippen molar-refractivity contribution in [3.05, 3.63) is 87.3 Å². The first kappa shape index (κ1) is 22.1. The Kier molecular flexibility index (Phi) is 5.34. The summed E-state index contributed by atoms with van der Waals surface area (Å²) in [5.74, 6) is -1.96. The SMILES string of the molecule is COC(=O)[C@@H]1C(c2ccccc2)[C@]2(c3ccc(I)cc3)Oc3cncc(OC)c3[C@]2(O)[C@@H]1O. The Hall–Kier alpha value is -2.69. The van der Waals surface area contributed by atoms with Crippen molar-refractivity contribution in [3.8, 4) is 11.5 Å². The highest BCUT2D eigenvalue weighted by molar-refractivity contribution is 14.1. The smallest absolute Gasteiger partial charge is 0.312 e. The molecule has 1 aliphatic carbocycles. The van der Waals surface area contributed by atoms with Gasteiger partial charge in [-0.25, -0.2) is 0 Å². The highest BCUT2D eigenvalue weighted by atomic mass is 127. The zero-order chi connectivity index (χ0) is 23.4. The summed E-state index contributed by atoms with van der Waals surface area (Å²) >= 11 is 2.20. The molecule has 0 saturated heterocycles.